The summed E-state index contributed by atoms with van der Waals surface area (Å²) in [7, 11) is 0. The Hall–Kier alpha value is -1.50. The summed E-state index contributed by atoms with van der Waals surface area (Å²) in [5.74, 6) is 2.40. The predicted octanol–water partition coefficient (Wildman–Crippen LogP) is 0.689. The Bertz CT molecular complexity index is 293. The molecule has 1 saturated heterocycles. The van der Waals surface area contributed by atoms with Crippen LogP contribution in [0.1, 0.15) is 32.6 Å². The van der Waals surface area contributed by atoms with Crippen LogP contribution in [0.5, 0.6) is 0 Å². The summed E-state index contributed by atoms with van der Waals surface area (Å²) < 4.78 is 0. The van der Waals surface area contributed by atoms with Gasteiger partial charge in [0, 0.05) is 25.3 Å². The van der Waals surface area contributed by atoms with E-state index in [-0.39, 0.29) is 17.7 Å². The predicted molar refractivity (Wildman–Crippen MR) is 56.3 cm³/mol. The molecule has 1 aliphatic rings. The third-order valence-corrected chi connectivity index (χ3v) is 2.40. The molecule has 4 heteroatoms. The number of rotatable bonds is 3. The lowest BCUT2D eigenvalue weighted by molar-refractivity contribution is -0.144. The number of hydrogen-bond acceptors (Lipinski definition) is 2. The molecule has 1 heterocycles. The van der Waals surface area contributed by atoms with Crippen molar-refractivity contribution in [2.24, 2.45) is 5.92 Å². The molecule has 82 valence electrons. The molecule has 0 aromatic heterocycles. The van der Waals surface area contributed by atoms with Gasteiger partial charge in [-0.2, -0.15) is 0 Å². The topological polar surface area (TPSA) is 49.4 Å². The first kappa shape index (κ1) is 11.6. The van der Waals surface area contributed by atoms with E-state index in [0.29, 0.717) is 19.4 Å². The minimum Gasteiger partial charge on any atom is -0.273 e. The number of hydrogen-bond donors (Lipinski definition) is 1. The monoisotopic (exact) mass is 208 g/mol. The molecule has 0 radical (unpaired) electrons. The highest BCUT2D eigenvalue weighted by atomic mass is 16.2. The summed E-state index contributed by atoms with van der Waals surface area (Å²) in [5, 5.41) is 1.38. The van der Waals surface area contributed by atoms with E-state index in [1.807, 2.05) is 6.92 Å². The molecular formula is C11H16N2O2. The molecule has 1 unspecified atom stereocenters. The lowest BCUT2D eigenvalue weighted by Crippen LogP contribution is -2.49. The molecule has 1 atom stereocenters. The van der Waals surface area contributed by atoms with Crippen LogP contribution in [0.2, 0.25) is 0 Å². The van der Waals surface area contributed by atoms with E-state index in [2.05, 4.69) is 11.3 Å². The number of nitrogens with zero attached hydrogens (tertiary/aromatic N) is 1. The minimum absolute atomic E-state index is 0.0248. The molecule has 0 spiro atoms. The van der Waals surface area contributed by atoms with Gasteiger partial charge < -0.3 is 0 Å². The summed E-state index contributed by atoms with van der Waals surface area (Å²) in [6.45, 7) is 2.44. The summed E-state index contributed by atoms with van der Waals surface area (Å²) in [6, 6.07) is 0. The van der Waals surface area contributed by atoms with Gasteiger partial charge in [-0.15, -0.1) is 12.3 Å². The van der Waals surface area contributed by atoms with Crippen LogP contribution in [0.4, 0.5) is 0 Å². The number of nitrogens with one attached hydrogen (secondary N) is 1. The van der Waals surface area contributed by atoms with Gasteiger partial charge in [0.05, 0.1) is 0 Å². The van der Waals surface area contributed by atoms with Crippen LogP contribution >= 0.6 is 0 Å². The van der Waals surface area contributed by atoms with Gasteiger partial charge in [0.2, 0.25) is 11.8 Å². The zero-order valence-electron chi connectivity index (χ0n) is 8.95. The minimum atomic E-state index is -0.106. The van der Waals surface area contributed by atoms with Crippen molar-refractivity contribution in [2.75, 3.05) is 6.54 Å². The number of amides is 2. The molecule has 1 rings (SSSR count). The first-order valence-electron chi connectivity index (χ1n) is 5.23. The standard InChI is InChI=1S/C11H16N2O2/c1-3-5-10(14)12-13-7-6-9(4-2)8-11(13)15/h2,9H,3,5-8H2,1H3,(H,12,14). The van der Waals surface area contributed by atoms with Gasteiger partial charge >= 0.3 is 0 Å². The molecule has 1 fully saturated rings. The average Bonchev–Trinajstić information content (AvgIpc) is 2.21. The maximum Gasteiger partial charge on any atom is 0.242 e. The number of piperidine rings is 1. The molecule has 0 aromatic rings. The van der Waals surface area contributed by atoms with Crippen molar-refractivity contribution in [3.05, 3.63) is 0 Å². The maximum atomic E-state index is 11.5. The molecular weight excluding hydrogens is 192 g/mol. The molecule has 2 amide bonds. The quantitative estimate of drug-likeness (QED) is 0.694. The van der Waals surface area contributed by atoms with Gasteiger partial charge in [-0.25, -0.2) is 0 Å². The Morgan fingerprint density at radius 1 is 1.73 bits per heavy atom. The molecule has 0 aromatic carbocycles. The molecule has 15 heavy (non-hydrogen) atoms. The maximum absolute atomic E-state index is 11.5. The zero-order valence-corrected chi connectivity index (χ0v) is 8.95. The first-order valence-corrected chi connectivity index (χ1v) is 5.23. The van der Waals surface area contributed by atoms with Gasteiger partial charge in [0.25, 0.3) is 0 Å². The zero-order chi connectivity index (χ0) is 11.3. The van der Waals surface area contributed by atoms with E-state index in [9.17, 15) is 9.59 Å². The molecule has 0 bridgehead atoms. The molecule has 4 nitrogen and oxygen atoms in total. The summed E-state index contributed by atoms with van der Waals surface area (Å²) in [6.07, 6.45) is 7.57. The van der Waals surface area contributed by atoms with E-state index < -0.39 is 0 Å². The van der Waals surface area contributed by atoms with Crippen molar-refractivity contribution < 1.29 is 9.59 Å². The number of carbonyl (C=O) groups excluding carboxylic acids is 2. The SMILES string of the molecule is C#CC1CCN(NC(=O)CCC)C(=O)C1. The van der Waals surface area contributed by atoms with Crippen LogP contribution < -0.4 is 5.43 Å². The van der Waals surface area contributed by atoms with Gasteiger partial charge in [0.1, 0.15) is 0 Å². The average molecular weight is 208 g/mol. The van der Waals surface area contributed by atoms with Crippen molar-refractivity contribution in [1.29, 1.82) is 0 Å². The number of hydrazine groups is 1. The smallest absolute Gasteiger partial charge is 0.242 e. The third-order valence-electron chi connectivity index (χ3n) is 2.40. The highest BCUT2D eigenvalue weighted by Gasteiger charge is 2.25. The fraction of sp³-hybridized carbons (Fsp3) is 0.636. The third kappa shape index (κ3) is 3.28. The normalized spacial score (nSPS) is 20.9. The van der Waals surface area contributed by atoms with Crippen molar-refractivity contribution in [3.8, 4) is 12.3 Å². The second-order valence-corrected chi connectivity index (χ2v) is 3.69. The van der Waals surface area contributed by atoms with Crippen LogP contribution in [0, 0.1) is 18.3 Å². The number of terminal acetylenes is 1. The van der Waals surface area contributed by atoms with E-state index in [1.165, 1.54) is 5.01 Å². The number of carbonyl (C=O) groups is 2. The van der Waals surface area contributed by atoms with Crippen LogP contribution in [0.15, 0.2) is 0 Å². The summed E-state index contributed by atoms with van der Waals surface area (Å²) >= 11 is 0. The van der Waals surface area contributed by atoms with E-state index in [4.69, 9.17) is 6.42 Å². The Balaban J connectivity index is 2.42. The Labute approximate surface area is 90.0 Å². The lowest BCUT2D eigenvalue weighted by Gasteiger charge is -2.29. The molecule has 0 aliphatic carbocycles. The van der Waals surface area contributed by atoms with Crippen LogP contribution in [0.3, 0.4) is 0 Å². The van der Waals surface area contributed by atoms with Gasteiger partial charge in [-0.05, 0) is 12.8 Å². The highest BCUT2D eigenvalue weighted by molar-refractivity contribution is 5.82. The Kier molecular flexibility index (Phi) is 4.17. The van der Waals surface area contributed by atoms with E-state index in [1.54, 1.807) is 0 Å². The van der Waals surface area contributed by atoms with Crippen molar-refractivity contribution in [1.82, 2.24) is 10.4 Å². The van der Waals surface area contributed by atoms with Gasteiger partial charge in [-0.1, -0.05) is 6.92 Å². The Morgan fingerprint density at radius 3 is 3.00 bits per heavy atom. The Morgan fingerprint density at radius 2 is 2.47 bits per heavy atom. The van der Waals surface area contributed by atoms with Crippen LogP contribution in [-0.2, 0) is 9.59 Å². The second-order valence-electron chi connectivity index (χ2n) is 3.69. The largest absolute Gasteiger partial charge is 0.273 e. The molecule has 1 aliphatic heterocycles. The van der Waals surface area contributed by atoms with Crippen LogP contribution in [-0.4, -0.2) is 23.4 Å². The lowest BCUT2D eigenvalue weighted by atomic mass is 9.98. The van der Waals surface area contributed by atoms with Crippen molar-refractivity contribution >= 4 is 11.8 Å². The van der Waals surface area contributed by atoms with E-state index >= 15 is 0 Å². The van der Waals surface area contributed by atoms with Gasteiger partial charge in [-0.3, -0.25) is 20.0 Å². The molecule has 0 saturated carbocycles. The first-order chi connectivity index (χ1) is 7.17. The van der Waals surface area contributed by atoms with Gasteiger partial charge in [0.15, 0.2) is 0 Å². The van der Waals surface area contributed by atoms with Crippen LogP contribution in [0.25, 0.3) is 0 Å². The summed E-state index contributed by atoms with van der Waals surface area (Å²) in [4.78, 5) is 22.8. The fourth-order valence-electron chi connectivity index (χ4n) is 1.53. The second kappa shape index (κ2) is 5.40. The fourth-order valence-corrected chi connectivity index (χ4v) is 1.53. The summed E-state index contributed by atoms with van der Waals surface area (Å²) in [5.41, 5.74) is 2.59. The molecule has 1 N–H and O–H groups in total. The van der Waals surface area contributed by atoms with Crippen molar-refractivity contribution in [3.63, 3.8) is 0 Å². The van der Waals surface area contributed by atoms with E-state index in [0.717, 1.165) is 12.8 Å². The highest BCUT2D eigenvalue weighted by Crippen LogP contribution is 2.15. The van der Waals surface area contributed by atoms with Crippen molar-refractivity contribution in [2.45, 2.75) is 32.6 Å².